The number of carboxylic acids is 1. The summed E-state index contributed by atoms with van der Waals surface area (Å²) in [7, 11) is -5.55. The van der Waals surface area contributed by atoms with Gasteiger partial charge in [-0.05, 0) is 19.4 Å². The van der Waals surface area contributed by atoms with Crippen LogP contribution in [0.3, 0.4) is 0 Å². The highest BCUT2D eigenvalue weighted by atomic mass is 32.2. The number of nitrogens with one attached hydrogen (secondary N) is 1. The van der Waals surface area contributed by atoms with Crippen LogP contribution in [0.5, 0.6) is 0 Å². The van der Waals surface area contributed by atoms with Gasteiger partial charge in [-0.2, -0.15) is 4.72 Å². The number of fused-ring (bicyclic) bond motifs is 1. The molecule has 2 heterocycles. The molecule has 2 N–H and O–H groups in total. The van der Waals surface area contributed by atoms with Gasteiger partial charge in [0.25, 0.3) is 0 Å². The van der Waals surface area contributed by atoms with Crippen molar-refractivity contribution in [1.29, 1.82) is 0 Å². The van der Waals surface area contributed by atoms with Crippen molar-refractivity contribution in [1.82, 2.24) is 9.62 Å². The highest BCUT2D eigenvalue weighted by molar-refractivity contribution is 7.89. The zero-order valence-corrected chi connectivity index (χ0v) is 15.2. The number of nitrogens with zero attached hydrogens (tertiary/aromatic N) is 1. The average molecular weight is 386 g/mol. The van der Waals surface area contributed by atoms with Gasteiger partial charge in [0.1, 0.15) is 17.5 Å². The van der Waals surface area contributed by atoms with Crippen LogP contribution in [-0.2, 0) is 36.2 Å². The number of carbonyl (C=O) groups is 2. The summed E-state index contributed by atoms with van der Waals surface area (Å²) in [6.07, 6.45) is 0. The van der Waals surface area contributed by atoms with Gasteiger partial charge in [0.15, 0.2) is 0 Å². The molecule has 0 aromatic heterocycles. The van der Waals surface area contributed by atoms with Gasteiger partial charge < -0.3 is 10.0 Å². The Labute approximate surface area is 147 Å². The Hall–Kier alpha value is -1.78. The SMILES string of the molecule is CC1(C)[C@H](C(=O)O)N2C(=O)[C@@H](NS(=O)(=O)Cc3ccccc3)[C@H]2S1=O. The molecular formula is C15H18N2O6S2. The molecule has 0 bridgehead atoms. The third kappa shape index (κ3) is 2.87. The molecule has 1 aromatic carbocycles. The number of hydrogen-bond acceptors (Lipinski definition) is 5. The van der Waals surface area contributed by atoms with E-state index in [1.807, 2.05) is 0 Å². The molecule has 2 aliphatic heterocycles. The van der Waals surface area contributed by atoms with Crippen molar-refractivity contribution in [3.8, 4) is 0 Å². The number of benzene rings is 1. The van der Waals surface area contributed by atoms with Gasteiger partial charge in [0.05, 0.1) is 21.3 Å². The van der Waals surface area contributed by atoms with Crippen molar-refractivity contribution in [2.75, 3.05) is 0 Å². The summed E-state index contributed by atoms with van der Waals surface area (Å²) in [6.45, 7) is 3.01. The Morgan fingerprint density at radius 1 is 1.32 bits per heavy atom. The first kappa shape index (κ1) is 18.0. The van der Waals surface area contributed by atoms with Crippen molar-refractivity contribution in [2.24, 2.45) is 0 Å². The maximum atomic E-state index is 12.6. The molecule has 0 aliphatic carbocycles. The van der Waals surface area contributed by atoms with E-state index in [0.717, 1.165) is 4.90 Å². The van der Waals surface area contributed by atoms with E-state index in [1.165, 1.54) is 13.8 Å². The first-order chi connectivity index (χ1) is 11.6. The lowest BCUT2D eigenvalue weighted by Gasteiger charge is -2.42. The number of aliphatic carboxylic acids is 1. The standard InChI is InChI=1S/C15H18N2O6S2/c1-15(2)11(14(19)20)17-12(18)10(13(17)24(15)21)16-25(22,23)8-9-6-4-3-5-7-9/h3-7,10-11,13,16H,8H2,1-2H3,(H,19,20)/t10-,11+,13-,24?/m1/s1. The Balaban J connectivity index is 1.81. The number of carbonyl (C=O) groups excluding carboxylic acids is 1. The van der Waals surface area contributed by atoms with E-state index in [2.05, 4.69) is 4.72 Å². The van der Waals surface area contributed by atoms with E-state index in [9.17, 15) is 27.3 Å². The molecule has 1 amide bonds. The van der Waals surface area contributed by atoms with Gasteiger partial charge in [-0.1, -0.05) is 30.3 Å². The number of rotatable bonds is 5. The molecule has 1 aromatic rings. The van der Waals surface area contributed by atoms with Gasteiger partial charge in [0, 0.05) is 0 Å². The second-order valence-electron chi connectivity index (χ2n) is 6.62. The fourth-order valence-electron chi connectivity index (χ4n) is 3.30. The van der Waals surface area contributed by atoms with Gasteiger partial charge >= 0.3 is 5.97 Å². The van der Waals surface area contributed by atoms with Crippen molar-refractivity contribution >= 4 is 32.7 Å². The average Bonchev–Trinajstić information content (AvgIpc) is 2.71. The minimum Gasteiger partial charge on any atom is -0.480 e. The van der Waals surface area contributed by atoms with Crippen molar-refractivity contribution in [2.45, 2.75) is 41.8 Å². The van der Waals surface area contributed by atoms with Crippen molar-refractivity contribution < 1.29 is 27.3 Å². The molecule has 4 atom stereocenters. The van der Waals surface area contributed by atoms with E-state index in [-0.39, 0.29) is 5.75 Å². The molecule has 2 fully saturated rings. The normalized spacial score (nSPS) is 30.6. The summed E-state index contributed by atoms with van der Waals surface area (Å²) in [5.41, 5.74) is 0.551. The van der Waals surface area contributed by atoms with Gasteiger partial charge in [-0.25, -0.2) is 13.2 Å². The topological polar surface area (TPSA) is 121 Å². The van der Waals surface area contributed by atoms with Crippen molar-refractivity contribution in [3.63, 3.8) is 0 Å². The second kappa shape index (κ2) is 5.89. The Kier molecular flexibility index (Phi) is 4.25. The Bertz CT molecular complexity index is 852. The highest BCUT2D eigenvalue weighted by Gasteiger charge is 2.68. The quantitative estimate of drug-likeness (QED) is 0.667. The third-order valence-electron chi connectivity index (χ3n) is 4.49. The summed E-state index contributed by atoms with van der Waals surface area (Å²) in [5, 5.41) is 8.39. The van der Waals surface area contributed by atoms with Crippen LogP contribution < -0.4 is 4.72 Å². The van der Waals surface area contributed by atoms with E-state index < -0.39 is 54.9 Å². The van der Waals surface area contributed by atoms with Gasteiger partial charge in [-0.15, -0.1) is 0 Å². The first-order valence-corrected chi connectivity index (χ1v) is 10.4. The van der Waals surface area contributed by atoms with E-state index in [1.54, 1.807) is 30.3 Å². The van der Waals surface area contributed by atoms with Crippen LogP contribution in [0.4, 0.5) is 0 Å². The number of hydrogen-bond donors (Lipinski definition) is 2. The summed E-state index contributed by atoms with van der Waals surface area (Å²) < 4.78 is 38.4. The predicted octanol–water partition coefficient (Wildman–Crippen LogP) is -0.363. The Morgan fingerprint density at radius 2 is 1.92 bits per heavy atom. The molecule has 2 aliphatic rings. The highest BCUT2D eigenvalue weighted by Crippen LogP contribution is 2.43. The van der Waals surface area contributed by atoms with Crippen LogP contribution >= 0.6 is 0 Å². The number of β-lactam (4-membered cyclic amide) rings is 1. The number of sulfonamides is 1. The summed E-state index contributed by atoms with van der Waals surface area (Å²) >= 11 is 0. The zero-order chi connectivity index (χ0) is 18.6. The molecule has 10 heteroatoms. The zero-order valence-electron chi connectivity index (χ0n) is 13.6. The molecular weight excluding hydrogens is 368 g/mol. The van der Waals surface area contributed by atoms with Crippen LogP contribution in [0.15, 0.2) is 30.3 Å². The van der Waals surface area contributed by atoms with Crippen LogP contribution in [0.25, 0.3) is 0 Å². The minimum absolute atomic E-state index is 0.317. The van der Waals surface area contributed by atoms with E-state index in [4.69, 9.17) is 0 Å². The van der Waals surface area contributed by atoms with Gasteiger partial charge in [-0.3, -0.25) is 9.00 Å². The lowest BCUT2D eigenvalue weighted by Crippen LogP contribution is -2.71. The Morgan fingerprint density at radius 3 is 2.48 bits per heavy atom. The fourth-order valence-corrected chi connectivity index (χ4v) is 6.63. The molecule has 3 rings (SSSR count). The molecule has 0 spiro atoms. The van der Waals surface area contributed by atoms with Gasteiger partial charge in [0.2, 0.25) is 15.9 Å². The van der Waals surface area contributed by atoms with E-state index >= 15 is 0 Å². The van der Waals surface area contributed by atoms with Crippen LogP contribution in [0, 0.1) is 0 Å². The molecule has 2 saturated heterocycles. The van der Waals surface area contributed by atoms with Crippen molar-refractivity contribution in [3.05, 3.63) is 35.9 Å². The molecule has 136 valence electrons. The maximum absolute atomic E-state index is 12.6. The lowest BCUT2D eigenvalue weighted by molar-refractivity contribution is -0.159. The first-order valence-electron chi connectivity index (χ1n) is 7.56. The fraction of sp³-hybridized carbons (Fsp3) is 0.467. The second-order valence-corrected chi connectivity index (χ2v) is 10.5. The molecule has 0 saturated carbocycles. The molecule has 1 unspecified atom stereocenters. The largest absolute Gasteiger partial charge is 0.480 e. The van der Waals surface area contributed by atoms with Crippen LogP contribution in [-0.4, -0.2) is 56.7 Å². The maximum Gasteiger partial charge on any atom is 0.328 e. The van der Waals surface area contributed by atoms with Crippen LogP contribution in [0.1, 0.15) is 19.4 Å². The predicted molar refractivity (Wildman–Crippen MR) is 90.3 cm³/mol. The minimum atomic E-state index is -3.84. The molecule has 8 nitrogen and oxygen atoms in total. The smallest absolute Gasteiger partial charge is 0.328 e. The monoisotopic (exact) mass is 386 g/mol. The summed E-state index contributed by atoms with van der Waals surface area (Å²) in [5.74, 6) is -2.23. The summed E-state index contributed by atoms with van der Waals surface area (Å²) in [4.78, 5) is 24.8. The van der Waals surface area contributed by atoms with Crippen LogP contribution in [0.2, 0.25) is 0 Å². The third-order valence-corrected chi connectivity index (χ3v) is 8.02. The number of carboxylic acid groups (broad SMARTS) is 1. The molecule has 25 heavy (non-hydrogen) atoms. The molecule has 0 radical (unpaired) electrons. The van der Waals surface area contributed by atoms with E-state index in [0.29, 0.717) is 5.56 Å². The lowest BCUT2D eigenvalue weighted by atomic mass is 9.96. The summed E-state index contributed by atoms with van der Waals surface area (Å²) in [6, 6.07) is 6.02. The number of amides is 1.